The quantitative estimate of drug-likeness (QED) is 0.239. The van der Waals surface area contributed by atoms with Crippen LogP contribution in [0.1, 0.15) is 54.9 Å². The highest BCUT2D eigenvalue weighted by atomic mass is 79.9. The fourth-order valence-corrected chi connectivity index (χ4v) is 5.43. The molecule has 2 N–H and O–H groups in total. The maximum Gasteiger partial charge on any atom is 0.263 e. The Labute approximate surface area is 244 Å². The molecule has 0 aromatic heterocycles. The molecule has 0 radical (unpaired) electrons. The Morgan fingerprint density at radius 2 is 1.79 bits per heavy atom. The van der Waals surface area contributed by atoms with Crippen LogP contribution in [0.5, 0.6) is 17.2 Å². The lowest BCUT2D eigenvalue weighted by Crippen LogP contribution is -2.42. The number of halogens is 2. The second-order valence-electron chi connectivity index (χ2n) is 9.41. The fourth-order valence-electron chi connectivity index (χ4n) is 4.10. The molecule has 0 aliphatic carbocycles. The first-order valence-corrected chi connectivity index (χ1v) is 14.2. The number of carbonyl (C=O) groups excluding carboxylic acids is 2. The normalized spacial score (nSPS) is 15.2. The summed E-state index contributed by atoms with van der Waals surface area (Å²) in [5.41, 5.74) is 4.09. The molecule has 8 nitrogen and oxygen atoms in total. The monoisotopic (exact) mass is 660 g/mol. The van der Waals surface area contributed by atoms with Crippen LogP contribution in [-0.2, 0) is 14.4 Å². The largest absolute Gasteiger partial charge is 0.508 e. The number of hydrogen-bond acceptors (Lipinski definition) is 6. The number of ether oxygens (including phenoxy) is 2. The summed E-state index contributed by atoms with van der Waals surface area (Å²) in [6, 6.07) is 17.2. The third-order valence-corrected chi connectivity index (χ3v) is 7.32. The average molecular weight is 662 g/mol. The van der Waals surface area contributed by atoms with Crippen LogP contribution in [0.4, 0.5) is 5.69 Å². The van der Waals surface area contributed by atoms with Crippen molar-refractivity contribution >= 4 is 49.4 Å². The van der Waals surface area contributed by atoms with Gasteiger partial charge in [0.2, 0.25) is 0 Å². The van der Waals surface area contributed by atoms with Crippen LogP contribution >= 0.6 is 31.9 Å². The maximum absolute atomic E-state index is 13.5. The third kappa shape index (κ3) is 7.60. The molecule has 39 heavy (non-hydrogen) atoms. The predicted molar refractivity (Wildman–Crippen MR) is 155 cm³/mol. The van der Waals surface area contributed by atoms with Crippen molar-refractivity contribution in [3.8, 4) is 17.2 Å². The maximum atomic E-state index is 13.5. The molecule has 1 atom stereocenters. The second kappa shape index (κ2) is 13.4. The van der Waals surface area contributed by atoms with Gasteiger partial charge in [-0.2, -0.15) is 0 Å². The fraction of sp³-hybridized carbons (Fsp3) is 0.310. The van der Waals surface area contributed by atoms with Crippen molar-refractivity contribution in [2.24, 2.45) is 0 Å². The molecule has 206 valence electrons. The molecule has 1 aliphatic rings. The van der Waals surface area contributed by atoms with E-state index in [0.717, 1.165) is 18.4 Å². The molecule has 0 spiro atoms. The van der Waals surface area contributed by atoms with Crippen molar-refractivity contribution < 1.29 is 29.0 Å². The number of aromatic hydroxyl groups is 1. The average Bonchev–Trinajstić information content (AvgIpc) is 2.93. The van der Waals surface area contributed by atoms with Crippen molar-refractivity contribution in [3.05, 3.63) is 80.7 Å². The van der Waals surface area contributed by atoms with Crippen LogP contribution in [0.15, 0.2) is 69.6 Å². The van der Waals surface area contributed by atoms with E-state index in [-0.39, 0.29) is 24.1 Å². The standard InChI is InChI=1S/C29H30Br2N2O6/c1-18(2)22-16-21(11-12-25(22)34)38-28-23(30)14-20(15-24(28)31)33(29(36)19-8-4-3-5-9-19)17-26(35)32-39-27-10-6-7-13-37-27/h3-5,8-9,11-12,14-16,18,27,34H,6-7,10,13,17H2,1-2H3,(H,32,35). The molecule has 0 bridgehead atoms. The molecule has 3 aromatic rings. The zero-order valence-corrected chi connectivity index (χ0v) is 24.8. The molecule has 2 amide bonds. The van der Waals surface area contributed by atoms with E-state index in [1.54, 1.807) is 54.6 Å². The Morgan fingerprint density at radius 3 is 2.44 bits per heavy atom. The van der Waals surface area contributed by atoms with Gasteiger partial charge in [-0.05, 0) is 93.1 Å². The van der Waals surface area contributed by atoms with Crippen molar-refractivity contribution in [1.82, 2.24) is 5.48 Å². The molecule has 3 aromatic carbocycles. The van der Waals surface area contributed by atoms with E-state index >= 15 is 0 Å². The molecule has 1 heterocycles. The number of nitrogens with zero attached hydrogens (tertiary/aromatic N) is 1. The van der Waals surface area contributed by atoms with Gasteiger partial charge in [-0.25, -0.2) is 10.3 Å². The summed E-state index contributed by atoms with van der Waals surface area (Å²) in [5, 5.41) is 10.1. The number of phenols is 1. The minimum atomic E-state index is -0.503. The van der Waals surface area contributed by atoms with Gasteiger partial charge in [0, 0.05) is 29.8 Å². The number of anilines is 1. The number of hydrogen-bond donors (Lipinski definition) is 2. The molecule has 1 fully saturated rings. The molecular formula is C29H30Br2N2O6. The Kier molecular flexibility index (Phi) is 10.0. The summed E-state index contributed by atoms with van der Waals surface area (Å²) in [6.07, 6.45) is 2.10. The lowest BCUT2D eigenvalue weighted by molar-refractivity contribution is -0.199. The summed E-state index contributed by atoms with van der Waals surface area (Å²) in [7, 11) is 0. The molecular weight excluding hydrogens is 632 g/mol. The van der Waals surface area contributed by atoms with Crippen LogP contribution in [-0.4, -0.2) is 36.4 Å². The Balaban J connectivity index is 1.58. The number of rotatable bonds is 9. The topological polar surface area (TPSA) is 97.3 Å². The number of carbonyl (C=O) groups is 2. The first kappa shape index (κ1) is 29.1. The predicted octanol–water partition coefficient (Wildman–Crippen LogP) is 7.05. The molecule has 0 saturated carbocycles. The number of phenolic OH excluding ortho intramolecular Hbond substituents is 1. The lowest BCUT2D eigenvalue weighted by atomic mass is 10.0. The van der Waals surface area contributed by atoms with Crippen molar-refractivity contribution in [2.45, 2.75) is 45.3 Å². The molecule has 1 saturated heterocycles. The van der Waals surface area contributed by atoms with E-state index in [9.17, 15) is 14.7 Å². The summed E-state index contributed by atoms with van der Waals surface area (Å²) >= 11 is 7.11. The first-order valence-electron chi connectivity index (χ1n) is 12.7. The number of hydroxylamine groups is 1. The Morgan fingerprint density at radius 1 is 1.08 bits per heavy atom. The SMILES string of the molecule is CC(C)c1cc(Oc2c(Br)cc(N(CC(=O)NOC3CCCCO3)C(=O)c3ccccc3)cc2Br)ccc1O. The first-order chi connectivity index (χ1) is 18.7. The highest BCUT2D eigenvalue weighted by Crippen LogP contribution is 2.41. The Bertz CT molecular complexity index is 1290. The van der Waals surface area contributed by atoms with Crippen LogP contribution < -0.4 is 15.1 Å². The minimum absolute atomic E-state index is 0.111. The van der Waals surface area contributed by atoms with Gasteiger partial charge in [0.05, 0.1) is 8.95 Å². The van der Waals surface area contributed by atoms with E-state index in [4.69, 9.17) is 14.3 Å². The number of benzene rings is 3. The highest BCUT2D eigenvalue weighted by molar-refractivity contribution is 9.11. The molecule has 1 unspecified atom stereocenters. The van der Waals surface area contributed by atoms with Crippen LogP contribution in [0.3, 0.4) is 0 Å². The minimum Gasteiger partial charge on any atom is -0.508 e. The second-order valence-corrected chi connectivity index (χ2v) is 11.1. The molecule has 1 aliphatic heterocycles. The van der Waals surface area contributed by atoms with Crippen LogP contribution in [0, 0.1) is 0 Å². The smallest absolute Gasteiger partial charge is 0.263 e. The van der Waals surface area contributed by atoms with Gasteiger partial charge in [0.15, 0.2) is 12.0 Å². The van der Waals surface area contributed by atoms with E-state index in [1.165, 1.54) is 4.90 Å². The number of nitrogens with one attached hydrogen (secondary N) is 1. The van der Waals surface area contributed by atoms with E-state index in [2.05, 4.69) is 37.3 Å². The summed E-state index contributed by atoms with van der Waals surface area (Å²) in [4.78, 5) is 33.1. The van der Waals surface area contributed by atoms with Gasteiger partial charge in [-0.15, -0.1) is 0 Å². The van der Waals surface area contributed by atoms with Gasteiger partial charge >= 0.3 is 0 Å². The van der Waals surface area contributed by atoms with Gasteiger partial charge in [-0.3, -0.25) is 14.5 Å². The molecule has 10 heteroatoms. The third-order valence-electron chi connectivity index (χ3n) is 6.15. The van der Waals surface area contributed by atoms with E-state index in [1.807, 2.05) is 19.9 Å². The summed E-state index contributed by atoms with van der Waals surface area (Å²) in [5.74, 6) is 0.495. The van der Waals surface area contributed by atoms with Gasteiger partial charge in [0.25, 0.3) is 11.8 Å². The van der Waals surface area contributed by atoms with Gasteiger partial charge < -0.3 is 14.6 Å². The Hall–Kier alpha value is -2.92. The van der Waals surface area contributed by atoms with Crippen molar-refractivity contribution in [2.75, 3.05) is 18.1 Å². The summed E-state index contributed by atoms with van der Waals surface area (Å²) < 4.78 is 12.7. The van der Waals surface area contributed by atoms with Crippen molar-refractivity contribution in [1.29, 1.82) is 0 Å². The van der Waals surface area contributed by atoms with Gasteiger partial charge in [0.1, 0.15) is 18.0 Å². The van der Waals surface area contributed by atoms with E-state index in [0.29, 0.717) is 44.7 Å². The number of amides is 2. The van der Waals surface area contributed by atoms with Crippen molar-refractivity contribution in [3.63, 3.8) is 0 Å². The zero-order chi connectivity index (χ0) is 27.9. The molecule has 4 rings (SSSR count). The zero-order valence-electron chi connectivity index (χ0n) is 21.7. The summed E-state index contributed by atoms with van der Waals surface area (Å²) in [6.45, 7) is 4.27. The highest BCUT2D eigenvalue weighted by Gasteiger charge is 2.24. The van der Waals surface area contributed by atoms with Crippen LogP contribution in [0.25, 0.3) is 0 Å². The van der Waals surface area contributed by atoms with Crippen LogP contribution in [0.2, 0.25) is 0 Å². The van der Waals surface area contributed by atoms with E-state index < -0.39 is 12.2 Å². The lowest BCUT2D eigenvalue weighted by Gasteiger charge is -2.25. The van der Waals surface area contributed by atoms with Gasteiger partial charge in [-0.1, -0.05) is 32.0 Å².